The number of ketones is 1. The van der Waals surface area contributed by atoms with Gasteiger partial charge in [0.15, 0.2) is 16.8 Å². The number of nitrogens with zero attached hydrogens (tertiary/aromatic N) is 3. The second-order valence-electron chi connectivity index (χ2n) is 6.92. The van der Waals surface area contributed by atoms with E-state index in [2.05, 4.69) is 21.8 Å². The van der Waals surface area contributed by atoms with Gasteiger partial charge in [0.05, 0.1) is 5.75 Å². The van der Waals surface area contributed by atoms with Gasteiger partial charge < -0.3 is 9.72 Å². The van der Waals surface area contributed by atoms with Crippen molar-refractivity contribution in [3.63, 3.8) is 0 Å². The summed E-state index contributed by atoms with van der Waals surface area (Å²) in [6.07, 6.45) is 1.77. The van der Waals surface area contributed by atoms with Crippen LogP contribution in [0.4, 0.5) is 0 Å². The largest absolute Gasteiger partial charge is 0.486 e. The average Bonchev–Trinajstić information content (AvgIpc) is 3.31. The van der Waals surface area contributed by atoms with E-state index >= 15 is 0 Å². The molecule has 4 rings (SSSR count). The highest BCUT2D eigenvalue weighted by Crippen LogP contribution is 2.26. The van der Waals surface area contributed by atoms with Gasteiger partial charge in [-0.15, -0.1) is 16.8 Å². The molecule has 4 aromatic rings. The van der Waals surface area contributed by atoms with Gasteiger partial charge in [-0.05, 0) is 37.3 Å². The lowest BCUT2D eigenvalue weighted by molar-refractivity contribution is 0.102. The Morgan fingerprint density at radius 2 is 2.00 bits per heavy atom. The third-order valence-corrected chi connectivity index (χ3v) is 6.01. The Morgan fingerprint density at radius 1 is 1.23 bits per heavy atom. The Morgan fingerprint density at radius 3 is 2.77 bits per heavy atom. The number of fused-ring (bicyclic) bond motifs is 1. The van der Waals surface area contributed by atoms with Crippen LogP contribution in [0.3, 0.4) is 0 Å². The van der Waals surface area contributed by atoms with Crippen LogP contribution in [0.1, 0.15) is 21.9 Å². The minimum absolute atomic E-state index is 0.0482. The molecule has 0 saturated carbocycles. The molecule has 0 amide bonds. The van der Waals surface area contributed by atoms with Crippen LogP contribution >= 0.6 is 23.4 Å². The third-order valence-electron chi connectivity index (χ3n) is 4.79. The number of H-pyrrole nitrogens is 1. The summed E-state index contributed by atoms with van der Waals surface area (Å²) < 4.78 is 7.70. The fourth-order valence-corrected chi connectivity index (χ4v) is 4.33. The fourth-order valence-electron chi connectivity index (χ4n) is 3.36. The molecule has 0 fully saturated rings. The van der Waals surface area contributed by atoms with Crippen molar-refractivity contribution in [3.05, 3.63) is 83.3 Å². The van der Waals surface area contributed by atoms with Crippen LogP contribution in [0.25, 0.3) is 10.9 Å². The highest BCUT2D eigenvalue weighted by molar-refractivity contribution is 7.99. The number of aromatic nitrogens is 4. The molecule has 0 unspecified atom stereocenters. The number of benzene rings is 2. The number of para-hydroxylation sites is 1. The van der Waals surface area contributed by atoms with Gasteiger partial charge in [-0.3, -0.25) is 9.36 Å². The first-order chi connectivity index (χ1) is 15.1. The Kier molecular flexibility index (Phi) is 6.44. The Labute approximate surface area is 189 Å². The predicted octanol–water partition coefficient (Wildman–Crippen LogP) is 5.46. The summed E-state index contributed by atoms with van der Waals surface area (Å²) in [5, 5.41) is 10.8. The summed E-state index contributed by atoms with van der Waals surface area (Å²) in [5.74, 6) is 1.66. The molecule has 2 heterocycles. The van der Waals surface area contributed by atoms with Gasteiger partial charge in [0.1, 0.15) is 12.4 Å². The number of aryl methyl sites for hydroxylation is 1. The molecule has 158 valence electrons. The number of rotatable bonds is 9. The monoisotopic (exact) mass is 452 g/mol. The zero-order valence-electron chi connectivity index (χ0n) is 17.0. The van der Waals surface area contributed by atoms with Crippen molar-refractivity contribution in [2.75, 3.05) is 5.75 Å². The lowest BCUT2D eigenvalue weighted by atomic mass is 10.1. The van der Waals surface area contributed by atoms with E-state index in [4.69, 9.17) is 16.3 Å². The van der Waals surface area contributed by atoms with Crippen LogP contribution < -0.4 is 4.74 Å². The van der Waals surface area contributed by atoms with E-state index < -0.39 is 0 Å². The number of carbonyl (C=O) groups excluding carboxylic acids is 1. The highest BCUT2D eigenvalue weighted by Gasteiger charge is 2.19. The number of carbonyl (C=O) groups is 1. The Bertz CT molecular complexity index is 1230. The maximum absolute atomic E-state index is 13.0. The van der Waals surface area contributed by atoms with Gasteiger partial charge in [-0.1, -0.05) is 47.6 Å². The molecule has 0 radical (unpaired) electrons. The SMILES string of the molecule is C=CCn1c(COc2ccc(Cl)cc2)nnc1SCC(=O)c1c(C)[nH]c2ccccc12. The molecule has 2 aromatic heterocycles. The first-order valence-corrected chi connectivity index (χ1v) is 11.1. The second-order valence-corrected chi connectivity index (χ2v) is 8.30. The van der Waals surface area contributed by atoms with E-state index in [9.17, 15) is 4.79 Å². The van der Waals surface area contributed by atoms with Crippen molar-refractivity contribution in [3.8, 4) is 5.75 Å². The number of Topliss-reactive ketones (excluding diaryl/α,β-unsaturated/α-hetero) is 1. The van der Waals surface area contributed by atoms with E-state index in [1.807, 2.05) is 35.8 Å². The van der Waals surface area contributed by atoms with Crippen molar-refractivity contribution < 1.29 is 9.53 Å². The maximum Gasteiger partial charge on any atom is 0.192 e. The molecule has 0 spiro atoms. The van der Waals surface area contributed by atoms with Crippen LogP contribution in [-0.2, 0) is 13.2 Å². The summed E-state index contributed by atoms with van der Waals surface area (Å²) in [7, 11) is 0. The molecule has 0 aliphatic rings. The molecule has 0 aliphatic carbocycles. The van der Waals surface area contributed by atoms with Crippen LogP contribution in [-0.4, -0.2) is 31.3 Å². The van der Waals surface area contributed by atoms with Gasteiger partial charge >= 0.3 is 0 Å². The molecule has 0 aliphatic heterocycles. The van der Waals surface area contributed by atoms with Gasteiger partial charge in [0.2, 0.25) is 0 Å². The molecule has 8 heteroatoms. The Hall–Kier alpha value is -3.03. The molecule has 0 bridgehead atoms. The summed E-state index contributed by atoms with van der Waals surface area (Å²) in [6, 6.07) is 15.0. The van der Waals surface area contributed by atoms with Gasteiger partial charge in [0, 0.05) is 33.7 Å². The third kappa shape index (κ3) is 4.68. The van der Waals surface area contributed by atoms with Gasteiger partial charge in [0.25, 0.3) is 0 Å². The number of ether oxygens (including phenoxy) is 1. The summed E-state index contributed by atoms with van der Waals surface area (Å²) in [6.45, 7) is 6.51. The van der Waals surface area contributed by atoms with Crippen LogP contribution in [0, 0.1) is 6.92 Å². The number of hydrogen-bond acceptors (Lipinski definition) is 5. The normalized spacial score (nSPS) is 11.0. The average molecular weight is 453 g/mol. The first kappa shape index (κ1) is 21.2. The molecular formula is C23H21ClN4O2S. The maximum atomic E-state index is 13.0. The number of allylic oxidation sites excluding steroid dienone is 1. The van der Waals surface area contributed by atoms with E-state index in [1.165, 1.54) is 11.8 Å². The molecule has 0 atom stereocenters. The molecular weight excluding hydrogens is 432 g/mol. The van der Waals surface area contributed by atoms with Crippen LogP contribution in [0.15, 0.2) is 66.3 Å². The molecule has 31 heavy (non-hydrogen) atoms. The minimum Gasteiger partial charge on any atom is -0.486 e. The van der Waals surface area contributed by atoms with Crippen molar-refractivity contribution in [2.45, 2.75) is 25.2 Å². The first-order valence-electron chi connectivity index (χ1n) is 9.71. The smallest absolute Gasteiger partial charge is 0.192 e. The van der Waals surface area contributed by atoms with E-state index in [1.54, 1.807) is 30.3 Å². The molecule has 2 aromatic carbocycles. The number of nitrogens with one attached hydrogen (secondary N) is 1. The van der Waals surface area contributed by atoms with E-state index in [0.29, 0.717) is 28.3 Å². The second kappa shape index (κ2) is 9.41. The number of thioether (sulfide) groups is 1. The topological polar surface area (TPSA) is 72.8 Å². The quantitative estimate of drug-likeness (QED) is 0.207. The standard InChI is InChI=1S/C23H21ClN4O2S/c1-3-12-28-21(13-30-17-10-8-16(24)9-11-17)26-27-23(28)31-14-20(29)22-15(2)25-19-7-5-4-6-18(19)22/h3-11,25H,1,12-14H2,2H3. The van der Waals surface area contributed by atoms with Crippen molar-refractivity contribution in [1.29, 1.82) is 0 Å². The summed E-state index contributed by atoms with van der Waals surface area (Å²) >= 11 is 7.27. The number of hydrogen-bond donors (Lipinski definition) is 1. The summed E-state index contributed by atoms with van der Waals surface area (Å²) in [5.41, 5.74) is 2.56. The van der Waals surface area contributed by atoms with E-state index in [0.717, 1.165) is 22.2 Å². The lowest BCUT2D eigenvalue weighted by Crippen LogP contribution is -2.09. The summed E-state index contributed by atoms with van der Waals surface area (Å²) in [4.78, 5) is 16.3. The lowest BCUT2D eigenvalue weighted by Gasteiger charge is -2.09. The van der Waals surface area contributed by atoms with Crippen molar-refractivity contribution in [2.24, 2.45) is 0 Å². The predicted molar refractivity (Wildman–Crippen MR) is 124 cm³/mol. The van der Waals surface area contributed by atoms with Gasteiger partial charge in [-0.2, -0.15) is 0 Å². The number of halogens is 1. The van der Waals surface area contributed by atoms with E-state index in [-0.39, 0.29) is 18.1 Å². The molecule has 6 nitrogen and oxygen atoms in total. The Balaban J connectivity index is 1.47. The minimum atomic E-state index is 0.0482. The fraction of sp³-hybridized carbons (Fsp3) is 0.174. The van der Waals surface area contributed by atoms with Crippen molar-refractivity contribution >= 4 is 40.0 Å². The highest BCUT2D eigenvalue weighted by atomic mass is 35.5. The van der Waals surface area contributed by atoms with Gasteiger partial charge in [-0.25, -0.2) is 0 Å². The number of aromatic amines is 1. The van der Waals surface area contributed by atoms with Crippen LogP contribution in [0.2, 0.25) is 5.02 Å². The van der Waals surface area contributed by atoms with Crippen molar-refractivity contribution in [1.82, 2.24) is 19.7 Å². The molecule has 0 saturated heterocycles. The zero-order valence-corrected chi connectivity index (χ0v) is 18.5. The van der Waals surface area contributed by atoms with Crippen LogP contribution in [0.5, 0.6) is 5.75 Å². The molecule has 1 N–H and O–H groups in total. The zero-order chi connectivity index (χ0) is 21.8.